The highest BCUT2D eigenvalue weighted by atomic mass is 19.2. The Labute approximate surface area is 293 Å². The average molecular weight is 746 g/mol. The van der Waals surface area contributed by atoms with Gasteiger partial charge in [0.15, 0.2) is 0 Å². The lowest BCUT2D eigenvalue weighted by atomic mass is 10.1. The lowest BCUT2D eigenvalue weighted by molar-refractivity contribution is -0.144. The number of hydrogen-bond acceptors (Lipinski definition) is 10. The highest BCUT2D eigenvalue weighted by Gasteiger charge is 2.29. The first-order valence-corrected chi connectivity index (χ1v) is 15.5. The number of primary amides is 1. The Morgan fingerprint density at radius 3 is 1.83 bits per heavy atom. The molecule has 0 unspecified atom stereocenters. The van der Waals surface area contributed by atoms with E-state index in [1.807, 2.05) is 0 Å². The molecule has 2 aromatic carbocycles. The van der Waals surface area contributed by atoms with Crippen LogP contribution in [0.15, 0.2) is 24.3 Å². The first-order valence-electron chi connectivity index (χ1n) is 15.5. The summed E-state index contributed by atoms with van der Waals surface area (Å²) < 4.78 is 81.2. The molecule has 0 aliphatic rings. The van der Waals surface area contributed by atoms with Gasteiger partial charge in [-0.25, -0.2) is 13.2 Å². The minimum Gasteiger partial charge on any atom is -0.461 e. The fourth-order valence-corrected chi connectivity index (χ4v) is 3.93. The van der Waals surface area contributed by atoms with Crippen molar-refractivity contribution in [2.24, 2.45) is 5.73 Å². The highest BCUT2D eigenvalue weighted by Crippen LogP contribution is 2.29. The third kappa shape index (κ3) is 13.2. The van der Waals surface area contributed by atoms with Gasteiger partial charge >= 0.3 is 11.9 Å². The van der Waals surface area contributed by atoms with Gasteiger partial charge in [-0.2, -0.15) is 8.78 Å². The van der Waals surface area contributed by atoms with Crippen molar-refractivity contribution in [1.82, 2.24) is 16.0 Å². The molecule has 5 amide bonds. The first-order chi connectivity index (χ1) is 24.4. The second kappa shape index (κ2) is 20.3. The minimum absolute atomic E-state index is 0.0235. The number of carbonyl (C=O) groups is 7. The molecule has 52 heavy (non-hydrogen) atoms. The van der Waals surface area contributed by atoms with Crippen LogP contribution in [0, 0.1) is 29.1 Å². The molecule has 15 nitrogen and oxygen atoms in total. The lowest BCUT2D eigenvalue weighted by Crippen LogP contribution is -2.55. The summed E-state index contributed by atoms with van der Waals surface area (Å²) in [5, 5.41) is 9.52. The van der Waals surface area contributed by atoms with Crippen LogP contribution in [-0.4, -0.2) is 72.8 Å². The molecular weight excluding hydrogens is 709 g/mol. The van der Waals surface area contributed by atoms with Crippen LogP contribution in [0.4, 0.5) is 27.6 Å². The molecule has 0 bridgehead atoms. The summed E-state index contributed by atoms with van der Waals surface area (Å²) in [7, 11) is 0. The van der Waals surface area contributed by atoms with Crippen molar-refractivity contribution in [3.63, 3.8) is 0 Å². The van der Waals surface area contributed by atoms with Gasteiger partial charge in [-0.15, -0.1) is 0 Å². The van der Waals surface area contributed by atoms with Crippen LogP contribution in [0.1, 0.15) is 52.0 Å². The maximum absolute atomic E-state index is 13.6. The zero-order valence-corrected chi connectivity index (χ0v) is 28.0. The van der Waals surface area contributed by atoms with Crippen LogP contribution in [0.5, 0.6) is 5.75 Å². The molecule has 0 aliphatic heterocycles. The Morgan fingerprint density at radius 2 is 1.25 bits per heavy atom. The molecule has 20 heteroatoms. The Balaban J connectivity index is 1.78. The van der Waals surface area contributed by atoms with Gasteiger partial charge in [0.1, 0.15) is 24.7 Å². The van der Waals surface area contributed by atoms with Crippen LogP contribution in [0.3, 0.4) is 0 Å². The van der Waals surface area contributed by atoms with E-state index in [0.717, 1.165) is 0 Å². The monoisotopic (exact) mass is 745 g/mol. The SMILES string of the molecule is CCC(=O)OCc1ccc(NC(=O)[C@H](CC(N)=O)NC(=O)[C@H](C)NC(=O)[C@H](C)NC(=O)CCOCCC(=O)Oc2c(F)c(F)c(F)c(F)c2F)cc1. The van der Waals surface area contributed by atoms with Gasteiger partial charge in [0.25, 0.3) is 0 Å². The Bertz CT molecular complexity index is 1630. The molecule has 2 aromatic rings. The molecule has 0 radical (unpaired) electrons. The molecule has 0 fully saturated rings. The molecular formula is C32H36F5N5O10. The van der Waals surface area contributed by atoms with Crippen molar-refractivity contribution in [2.75, 3.05) is 18.5 Å². The maximum atomic E-state index is 13.6. The summed E-state index contributed by atoms with van der Waals surface area (Å²) in [6.45, 7) is 3.44. The van der Waals surface area contributed by atoms with E-state index in [-0.39, 0.29) is 32.0 Å². The van der Waals surface area contributed by atoms with E-state index in [2.05, 4.69) is 26.0 Å². The molecule has 3 atom stereocenters. The van der Waals surface area contributed by atoms with Gasteiger partial charge in [-0.05, 0) is 31.5 Å². The number of rotatable bonds is 19. The number of ether oxygens (including phenoxy) is 3. The molecule has 0 saturated heterocycles. The number of carbonyl (C=O) groups excluding carboxylic acids is 7. The number of nitrogens with two attached hydrogens (primary N) is 1. The standard InChI is InChI=1S/C32H36F5N5O10/c1-4-22(45)51-14-17-5-7-18(8-6-17)41-32(49)19(13-20(38)43)42-31(48)16(3)40-30(47)15(2)39-21(44)9-11-50-12-10-23(46)52-29-27(36)25(34)24(33)26(35)28(29)37/h5-8,15-16,19H,4,9-14H2,1-3H3,(H2,38,43)(H,39,44)(H,40,47)(H,41,49)(H,42,48)/t15-,16-,19-/m0/s1. The van der Waals surface area contributed by atoms with Crippen LogP contribution in [-0.2, 0) is 49.6 Å². The van der Waals surface area contributed by atoms with Crippen LogP contribution >= 0.6 is 0 Å². The van der Waals surface area contributed by atoms with Gasteiger partial charge in [-0.3, -0.25) is 33.6 Å². The molecule has 0 aliphatic carbocycles. The van der Waals surface area contributed by atoms with Crippen LogP contribution in [0.25, 0.3) is 0 Å². The summed E-state index contributed by atoms with van der Waals surface area (Å²) in [5.74, 6) is -19.3. The van der Waals surface area contributed by atoms with Crippen molar-refractivity contribution in [1.29, 1.82) is 0 Å². The van der Waals surface area contributed by atoms with Gasteiger partial charge in [-0.1, -0.05) is 19.1 Å². The normalized spacial score (nSPS) is 12.5. The van der Waals surface area contributed by atoms with Gasteiger partial charge in [0.05, 0.1) is 26.1 Å². The quantitative estimate of drug-likeness (QED) is 0.0349. The second-order valence-electron chi connectivity index (χ2n) is 10.9. The number of halogens is 5. The Kier molecular flexibility index (Phi) is 16.6. The fraction of sp³-hybridized carbons (Fsp3) is 0.406. The highest BCUT2D eigenvalue weighted by molar-refractivity contribution is 6.00. The number of esters is 2. The summed E-state index contributed by atoms with van der Waals surface area (Å²) in [6.07, 6.45) is -1.40. The van der Waals surface area contributed by atoms with Crippen molar-refractivity contribution < 1.29 is 69.7 Å². The Hall–Kier alpha value is -5.66. The molecule has 2 rings (SSSR count). The van der Waals surface area contributed by atoms with E-state index in [9.17, 15) is 55.5 Å². The van der Waals surface area contributed by atoms with Crippen molar-refractivity contribution in [3.05, 3.63) is 58.9 Å². The molecule has 0 saturated carbocycles. The number of nitrogens with one attached hydrogen (secondary N) is 4. The zero-order valence-electron chi connectivity index (χ0n) is 28.0. The predicted octanol–water partition coefficient (Wildman–Crippen LogP) is 1.55. The molecule has 0 spiro atoms. The molecule has 284 valence electrons. The lowest BCUT2D eigenvalue weighted by Gasteiger charge is -2.22. The van der Waals surface area contributed by atoms with E-state index < -0.39 is 108 Å². The first kappa shape index (κ1) is 42.5. The number of hydrogen-bond donors (Lipinski definition) is 5. The van der Waals surface area contributed by atoms with Crippen molar-refractivity contribution in [2.45, 2.75) is 71.2 Å². The van der Waals surface area contributed by atoms with Crippen LogP contribution < -0.4 is 31.7 Å². The van der Waals surface area contributed by atoms with Gasteiger partial charge in [0.2, 0.25) is 64.4 Å². The Morgan fingerprint density at radius 1 is 0.712 bits per heavy atom. The third-order valence-electron chi connectivity index (χ3n) is 6.78. The predicted molar refractivity (Wildman–Crippen MR) is 168 cm³/mol. The molecule has 6 N–H and O–H groups in total. The minimum atomic E-state index is -2.43. The number of benzene rings is 2. The fourth-order valence-electron chi connectivity index (χ4n) is 3.93. The molecule has 0 heterocycles. The van der Waals surface area contributed by atoms with Crippen molar-refractivity contribution >= 4 is 47.2 Å². The molecule has 0 aromatic heterocycles. The smallest absolute Gasteiger partial charge is 0.313 e. The maximum Gasteiger partial charge on any atom is 0.313 e. The summed E-state index contributed by atoms with van der Waals surface area (Å²) in [6, 6.07) is 2.33. The van der Waals surface area contributed by atoms with Crippen LogP contribution in [0.2, 0.25) is 0 Å². The average Bonchev–Trinajstić information content (AvgIpc) is 3.10. The largest absolute Gasteiger partial charge is 0.461 e. The number of amides is 5. The van der Waals surface area contributed by atoms with E-state index in [0.29, 0.717) is 11.3 Å². The number of anilines is 1. The zero-order chi connectivity index (χ0) is 39.1. The van der Waals surface area contributed by atoms with E-state index in [1.54, 1.807) is 19.1 Å². The van der Waals surface area contributed by atoms with Gasteiger partial charge < -0.3 is 41.2 Å². The third-order valence-corrected chi connectivity index (χ3v) is 6.78. The van der Waals surface area contributed by atoms with E-state index in [4.69, 9.17) is 15.2 Å². The topological polar surface area (TPSA) is 221 Å². The second-order valence-corrected chi connectivity index (χ2v) is 10.9. The van der Waals surface area contributed by atoms with Gasteiger partial charge in [0, 0.05) is 18.5 Å². The van der Waals surface area contributed by atoms with E-state index >= 15 is 0 Å². The van der Waals surface area contributed by atoms with E-state index in [1.165, 1.54) is 26.0 Å². The summed E-state index contributed by atoms with van der Waals surface area (Å²) >= 11 is 0. The summed E-state index contributed by atoms with van der Waals surface area (Å²) in [4.78, 5) is 85.1. The van der Waals surface area contributed by atoms with Crippen molar-refractivity contribution in [3.8, 4) is 5.75 Å². The summed E-state index contributed by atoms with van der Waals surface area (Å²) in [5.41, 5.74) is 6.18.